The van der Waals surface area contributed by atoms with Crippen molar-refractivity contribution in [2.24, 2.45) is 0 Å². The lowest BCUT2D eigenvalue weighted by atomic mass is 9.91. The Morgan fingerprint density at radius 3 is 2.39 bits per heavy atom. The van der Waals surface area contributed by atoms with Crippen LogP contribution in [0, 0.1) is 6.92 Å². The normalized spacial score (nSPS) is 19.8. The first kappa shape index (κ1) is 23.0. The van der Waals surface area contributed by atoms with E-state index in [2.05, 4.69) is 46.9 Å². The molecular weight excluding hydrogens is 472 g/mol. The molecule has 184 valence electrons. The predicted octanol–water partition coefficient (Wildman–Crippen LogP) is 5.81. The summed E-state index contributed by atoms with van der Waals surface area (Å²) in [4.78, 5) is 22.5. The molecule has 36 heavy (non-hydrogen) atoms. The summed E-state index contributed by atoms with van der Waals surface area (Å²) in [5.41, 5.74) is 3.58. The zero-order valence-corrected chi connectivity index (χ0v) is 21.0. The van der Waals surface area contributed by atoms with Crippen molar-refractivity contribution in [3.63, 3.8) is 0 Å². The number of rotatable bonds is 6. The fourth-order valence-corrected chi connectivity index (χ4v) is 5.14. The third kappa shape index (κ3) is 4.67. The van der Waals surface area contributed by atoms with Crippen molar-refractivity contribution in [1.82, 2.24) is 25.1 Å². The van der Waals surface area contributed by atoms with Crippen LogP contribution in [0.25, 0.3) is 16.7 Å². The second kappa shape index (κ2) is 9.54. The predicted molar refractivity (Wildman–Crippen MR) is 142 cm³/mol. The number of hydrogen-bond donors (Lipinski definition) is 2. The molecule has 0 aliphatic heterocycles. The zero-order chi connectivity index (χ0) is 24.6. The zero-order valence-electron chi connectivity index (χ0n) is 20.2. The fraction of sp³-hybridized carbons (Fsp3) is 0.357. The number of fused-ring (bicyclic) bond motifs is 1. The van der Waals surface area contributed by atoms with Crippen molar-refractivity contribution < 1.29 is 4.79 Å². The lowest BCUT2D eigenvalue weighted by molar-refractivity contribution is 0.0926. The molecule has 7 nitrogen and oxygen atoms in total. The maximum atomic E-state index is 12.7. The van der Waals surface area contributed by atoms with Crippen LogP contribution in [0.4, 0.5) is 5.82 Å². The number of aryl methyl sites for hydroxylation is 1. The number of amides is 1. The number of nitrogens with one attached hydrogen (secondary N) is 2. The van der Waals surface area contributed by atoms with Gasteiger partial charge in [0.25, 0.3) is 5.91 Å². The molecule has 0 radical (unpaired) electrons. The minimum absolute atomic E-state index is 0.105. The van der Waals surface area contributed by atoms with E-state index in [1.807, 2.05) is 23.0 Å². The highest BCUT2D eigenvalue weighted by Gasteiger charge is 2.30. The highest BCUT2D eigenvalue weighted by atomic mass is 35.5. The summed E-state index contributed by atoms with van der Waals surface area (Å²) in [6, 6.07) is 15.9. The van der Waals surface area contributed by atoms with E-state index in [0.29, 0.717) is 16.5 Å². The quantitative estimate of drug-likeness (QED) is 0.349. The standard InChI is InChI=1S/C28H29ClN6O/c1-17-6-14-21(15-7-17)35-27-23(16-30-35)26(33-25(34-27)18-8-9-18)31-19-10-12-20(13-11-19)32-28(36)22-4-2-3-5-24(22)29/h2-7,14-16,18-20H,8-13H2,1H3,(H,32,36)(H,31,33,34). The molecule has 0 unspecified atom stereocenters. The van der Waals surface area contributed by atoms with Crippen molar-refractivity contribution in [3.8, 4) is 5.69 Å². The van der Waals surface area contributed by atoms with Gasteiger partial charge in [-0.1, -0.05) is 41.4 Å². The van der Waals surface area contributed by atoms with Crippen molar-refractivity contribution in [1.29, 1.82) is 0 Å². The van der Waals surface area contributed by atoms with Gasteiger partial charge < -0.3 is 10.6 Å². The Hall–Kier alpha value is -3.45. The monoisotopic (exact) mass is 500 g/mol. The van der Waals surface area contributed by atoms with Crippen LogP contribution in [0.5, 0.6) is 0 Å². The van der Waals surface area contributed by atoms with Crippen LogP contribution in [0.15, 0.2) is 54.7 Å². The van der Waals surface area contributed by atoms with Crippen molar-refractivity contribution in [3.05, 3.63) is 76.7 Å². The highest BCUT2D eigenvalue weighted by Crippen LogP contribution is 2.40. The van der Waals surface area contributed by atoms with Crippen LogP contribution in [0.2, 0.25) is 5.02 Å². The van der Waals surface area contributed by atoms with Gasteiger partial charge in [0.15, 0.2) is 5.65 Å². The van der Waals surface area contributed by atoms with Gasteiger partial charge in [0.1, 0.15) is 11.6 Å². The van der Waals surface area contributed by atoms with Gasteiger partial charge in [-0.15, -0.1) is 0 Å². The fourth-order valence-electron chi connectivity index (χ4n) is 4.92. The van der Waals surface area contributed by atoms with E-state index in [-0.39, 0.29) is 18.0 Å². The smallest absolute Gasteiger partial charge is 0.253 e. The maximum absolute atomic E-state index is 12.7. The highest BCUT2D eigenvalue weighted by molar-refractivity contribution is 6.33. The molecule has 2 N–H and O–H groups in total. The van der Waals surface area contributed by atoms with Crippen LogP contribution < -0.4 is 10.6 Å². The summed E-state index contributed by atoms with van der Waals surface area (Å²) in [6.07, 6.45) is 7.84. The van der Waals surface area contributed by atoms with Crippen LogP contribution >= 0.6 is 11.6 Å². The Labute approximate surface area is 215 Å². The minimum atomic E-state index is -0.105. The molecule has 1 amide bonds. The van der Waals surface area contributed by atoms with Crippen LogP contribution in [0.3, 0.4) is 0 Å². The summed E-state index contributed by atoms with van der Waals surface area (Å²) >= 11 is 6.20. The number of benzene rings is 2. The summed E-state index contributed by atoms with van der Waals surface area (Å²) in [5, 5.41) is 12.9. The van der Waals surface area contributed by atoms with Gasteiger partial charge in [0.05, 0.1) is 27.9 Å². The van der Waals surface area contributed by atoms with Crippen molar-refractivity contribution >= 4 is 34.4 Å². The minimum Gasteiger partial charge on any atom is -0.367 e. The van der Waals surface area contributed by atoms with Gasteiger partial charge in [-0.25, -0.2) is 14.6 Å². The van der Waals surface area contributed by atoms with Crippen LogP contribution in [-0.2, 0) is 0 Å². The third-order valence-corrected chi connectivity index (χ3v) is 7.52. The average molecular weight is 501 g/mol. The van der Waals surface area contributed by atoms with E-state index in [4.69, 9.17) is 21.6 Å². The van der Waals surface area contributed by atoms with E-state index in [1.165, 1.54) is 5.56 Å². The molecule has 4 aromatic rings. The number of carbonyl (C=O) groups is 1. The van der Waals surface area contributed by atoms with Crippen molar-refractivity contribution in [2.45, 2.75) is 63.5 Å². The van der Waals surface area contributed by atoms with E-state index >= 15 is 0 Å². The SMILES string of the molecule is Cc1ccc(-n2ncc3c(NC4CCC(NC(=O)c5ccccc5Cl)CC4)nc(C4CC4)nc32)cc1. The van der Waals surface area contributed by atoms with E-state index in [0.717, 1.165) is 66.9 Å². The number of halogens is 1. The number of hydrogen-bond acceptors (Lipinski definition) is 5. The van der Waals surface area contributed by atoms with Gasteiger partial charge in [-0.2, -0.15) is 5.10 Å². The van der Waals surface area contributed by atoms with Crippen LogP contribution in [0.1, 0.15) is 66.2 Å². The molecule has 2 aromatic carbocycles. The Morgan fingerprint density at radius 1 is 0.944 bits per heavy atom. The second-order valence-electron chi connectivity index (χ2n) is 9.98. The molecule has 0 bridgehead atoms. The molecule has 8 heteroatoms. The van der Waals surface area contributed by atoms with E-state index in [1.54, 1.807) is 12.1 Å². The Bertz CT molecular complexity index is 1400. The number of anilines is 1. The maximum Gasteiger partial charge on any atom is 0.253 e. The molecule has 2 saturated carbocycles. The van der Waals surface area contributed by atoms with Crippen LogP contribution in [-0.4, -0.2) is 37.7 Å². The first-order valence-electron chi connectivity index (χ1n) is 12.7. The average Bonchev–Trinajstić information content (AvgIpc) is 3.65. The Morgan fingerprint density at radius 2 is 1.67 bits per heavy atom. The molecule has 6 rings (SSSR count). The Balaban J connectivity index is 1.18. The molecule has 2 fully saturated rings. The molecular formula is C28H29ClN6O. The van der Waals surface area contributed by atoms with Gasteiger partial charge in [0, 0.05) is 18.0 Å². The summed E-state index contributed by atoms with van der Waals surface area (Å²) in [7, 11) is 0. The molecule has 0 atom stereocenters. The first-order chi connectivity index (χ1) is 17.5. The van der Waals surface area contributed by atoms with Gasteiger partial charge in [0.2, 0.25) is 0 Å². The topological polar surface area (TPSA) is 84.7 Å². The summed E-state index contributed by atoms with van der Waals surface area (Å²) in [6.45, 7) is 2.08. The number of carbonyl (C=O) groups excluding carboxylic acids is 1. The molecule has 2 aromatic heterocycles. The molecule has 0 saturated heterocycles. The summed E-state index contributed by atoms with van der Waals surface area (Å²) in [5.74, 6) is 2.10. The van der Waals surface area contributed by atoms with Gasteiger partial charge in [-0.3, -0.25) is 4.79 Å². The second-order valence-corrected chi connectivity index (χ2v) is 10.4. The lowest BCUT2D eigenvalue weighted by Crippen LogP contribution is -2.40. The van der Waals surface area contributed by atoms with E-state index in [9.17, 15) is 4.79 Å². The summed E-state index contributed by atoms with van der Waals surface area (Å²) < 4.78 is 1.91. The first-order valence-corrected chi connectivity index (χ1v) is 13.1. The molecule has 2 aliphatic carbocycles. The molecule has 2 aliphatic rings. The third-order valence-electron chi connectivity index (χ3n) is 7.19. The Kier molecular flexibility index (Phi) is 6.09. The molecule has 2 heterocycles. The van der Waals surface area contributed by atoms with Gasteiger partial charge in [-0.05, 0) is 69.7 Å². The van der Waals surface area contributed by atoms with Crippen molar-refractivity contribution in [2.75, 3.05) is 5.32 Å². The largest absolute Gasteiger partial charge is 0.367 e. The molecule has 0 spiro atoms. The number of aromatic nitrogens is 4. The number of nitrogens with zero attached hydrogens (tertiary/aromatic N) is 4. The lowest BCUT2D eigenvalue weighted by Gasteiger charge is -2.30. The van der Waals surface area contributed by atoms with E-state index < -0.39 is 0 Å². The van der Waals surface area contributed by atoms with Gasteiger partial charge >= 0.3 is 0 Å².